The van der Waals surface area contributed by atoms with Crippen molar-refractivity contribution < 1.29 is 0 Å². The fraction of sp³-hybridized carbons (Fsp3) is 0.625. The first-order chi connectivity index (χ1) is 10.6. The van der Waals surface area contributed by atoms with Gasteiger partial charge in [0.25, 0.3) is 0 Å². The Balaban J connectivity index is 2.25. The van der Waals surface area contributed by atoms with E-state index in [0.717, 1.165) is 42.4 Å². The second-order valence-electron chi connectivity index (χ2n) is 5.97. The molecule has 122 valence electrons. The second-order valence-corrected chi connectivity index (χ2v) is 5.97. The molecule has 6 heteroatoms. The van der Waals surface area contributed by atoms with Crippen molar-refractivity contribution in [3.05, 3.63) is 23.4 Å². The highest BCUT2D eigenvalue weighted by molar-refractivity contribution is 6.05. The van der Waals surface area contributed by atoms with Gasteiger partial charge in [-0.15, -0.1) is 0 Å². The molecule has 1 aromatic heterocycles. The molecule has 1 aliphatic rings. The quantitative estimate of drug-likeness (QED) is 0.703. The van der Waals surface area contributed by atoms with E-state index in [4.69, 9.17) is 4.99 Å². The van der Waals surface area contributed by atoms with Crippen LogP contribution in [0.2, 0.25) is 0 Å². The smallest absolute Gasteiger partial charge is 0.160 e. The molecule has 0 saturated carbocycles. The molecule has 2 atom stereocenters. The molecule has 2 heterocycles. The number of amidine groups is 1. The molecular formula is C16H28N6. The summed E-state index contributed by atoms with van der Waals surface area (Å²) >= 11 is 0. The third kappa shape index (κ3) is 3.68. The molecule has 1 aromatic rings. The molecule has 22 heavy (non-hydrogen) atoms. The highest BCUT2D eigenvalue weighted by Crippen LogP contribution is 2.24. The third-order valence-electron chi connectivity index (χ3n) is 3.92. The summed E-state index contributed by atoms with van der Waals surface area (Å²) in [5, 5.41) is 14.5. The lowest BCUT2D eigenvalue weighted by atomic mass is 9.99. The van der Waals surface area contributed by atoms with Crippen LogP contribution in [-0.4, -0.2) is 54.3 Å². The monoisotopic (exact) mass is 304 g/mol. The number of nitrogens with zero attached hydrogens (tertiary/aromatic N) is 3. The zero-order valence-electron chi connectivity index (χ0n) is 14.3. The topological polar surface area (TPSA) is 68.3 Å². The summed E-state index contributed by atoms with van der Waals surface area (Å²) in [5.41, 5.74) is 2.10. The number of aromatic amines is 1. The van der Waals surface area contributed by atoms with Gasteiger partial charge in [-0.25, -0.2) is 0 Å². The number of fused-ring (bicyclic) bond motifs is 1. The zero-order valence-corrected chi connectivity index (χ0v) is 14.3. The van der Waals surface area contributed by atoms with Gasteiger partial charge < -0.3 is 15.5 Å². The first-order valence-corrected chi connectivity index (χ1v) is 7.97. The standard InChI is InChI=1S/C16H28N6/c1-6-8-12(7-2)14-18-15(17-9-10-22(4)5)13-11(3)20-21-16(13)19-14/h6,8,12,14H,7,9-10H2,1-5H3,(H,17,18)(H2,19,20,21)/b8-6-/t12-,14+/m1/s1. The number of rotatable bonds is 6. The Morgan fingerprint density at radius 2 is 2.14 bits per heavy atom. The van der Waals surface area contributed by atoms with Crippen LogP contribution < -0.4 is 10.6 Å². The fourth-order valence-corrected chi connectivity index (χ4v) is 2.66. The molecule has 2 rings (SSSR count). The third-order valence-corrected chi connectivity index (χ3v) is 3.92. The molecule has 0 amide bonds. The second kappa shape index (κ2) is 7.45. The molecule has 0 aromatic carbocycles. The summed E-state index contributed by atoms with van der Waals surface area (Å²) in [5.74, 6) is 2.23. The van der Waals surface area contributed by atoms with Gasteiger partial charge in [-0.05, 0) is 34.4 Å². The maximum atomic E-state index is 4.76. The van der Waals surface area contributed by atoms with E-state index in [0.29, 0.717) is 5.92 Å². The molecule has 0 aliphatic carbocycles. The van der Waals surface area contributed by atoms with Gasteiger partial charge in [0.2, 0.25) is 0 Å². The first kappa shape index (κ1) is 16.5. The Hall–Kier alpha value is -1.82. The number of aryl methyl sites for hydroxylation is 1. The molecule has 1 aliphatic heterocycles. The SMILES string of the molecule is C/C=C\[C@@H](CC)[C@H]1NC(=NCCN(C)C)c2c(n[nH]c2C)N1. The normalized spacial score (nSPS) is 21.0. The van der Waals surface area contributed by atoms with E-state index in [2.05, 4.69) is 65.8 Å². The lowest BCUT2D eigenvalue weighted by Gasteiger charge is -2.32. The van der Waals surface area contributed by atoms with Gasteiger partial charge >= 0.3 is 0 Å². The average Bonchev–Trinajstić information content (AvgIpc) is 2.86. The van der Waals surface area contributed by atoms with Crippen molar-refractivity contribution in [2.45, 2.75) is 33.4 Å². The van der Waals surface area contributed by atoms with Gasteiger partial charge in [-0.3, -0.25) is 10.1 Å². The summed E-state index contributed by atoms with van der Waals surface area (Å²) in [6.45, 7) is 7.98. The van der Waals surface area contributed by atoms with Crippen molar-refractivity contribution in [3.8, 4) is 0 Å². The van der Waals surface area contributed by atoms with Crippen molar-refractivity contribution in [3.63, 3.8) is 0 Å². The number of likely N-dealkylation sites (N-methyl/N-ethyl adjacent to an activating group) is 1. The molecule has 3 N–H and O–H groups in total. The van der Waals surface area contributed by atoms with E-state index in [1.165, 1.54) is 0 Å². The lowest BCUT2D eigenvalue weighted by Crippen LogP contribution is -2.49. The Labute approximate surface area is 133 Å². The number of anilines is 1. The number of aliphatic imine (C=N–C) groups is 1. The summed E-state index contributed by atoms with van der Waals surface area (Å²) in [6.07, 6.45) is 5.51. The summed E-state index contributed by atoms with van der Waals surface area (Å²) in [4.78, 5) is 6.90. The number of hydrogen-bond donors (Lipinski definition) is 3. The van der Waals surface area contributed by atoms with E-state index in [-0.39, 0.29) is 6.17 Å². The van der Waals surface area contributed by atoms with Gasteiger partial charge in [0.05, 0.1) is 12.1 Å². The van der Waals surface area contributed by atoms with Crippen LogP contribution in [0.15, 0.2) is 17.1 Å². The van der Waals surface area contributed by atoms with Crippen molar-refractivity contribution >= 4 is 11.7 Å². The van der Waals surface area contributed by atoms with Crippen molar-refractivity contribution in [1.82, 2.24) is 20.4 Å². The molecule has 0 radical (unpaired) electrons. The van der Waals surface area contributed by atoms with Crippen LogP contribution in [0.1, 0.15) is 31.5 Å². The average molecular weight is 304 g/mol. The van der Waals surface area contributed by atoms with Gasteiger partial charge in [0, 0.05) is 18.2 Å². The lowest BCUT2D eigenvalue weighted by molar-refractivity contribution is 0.419. The summed E-state index contributed by atoms with van der Waals surface area (Å²) in [7, 11) is 4.12. The van der Waals surface area contributed by atoms with Gasteiger partial charge in [-0.2, -0.15) is 5.10 Å². The van der Waals surface area contributed by atoms with Crippen molar-refractivity contribution in [2.24, 2.45) is 10.9 Å². The Morgan fingerprint density at radius 1 is 1.36 bits per heavy atom. The van der Waals surface area contributed by atoms with Crippen LogP contribution in [-0.2, 0) is 0 Å². The van der Waals surface area contributed by atoms with E-state index in [9.17, 15) is 0 Å². The highest BCUT2D eigenvalue weighted by atomic mass is 15.3. The van der Waals surface area contributed by atoms with E-state index in [1.54, 1.807) is 0 Å². The molecule has 0 fully saturated rings. The largest absolute Gasteiger partial charge is 0.349 e. The number of nitrogens with one attached hydrogen (secondary N) is 3. The number of H-pyrrole nitrogens is 1. The van der Waals surface area contributed by atoms with E-state index >= 15 is 0 Å². The molecule has 6 nitrogen and oxygen atoms in total. The van der Waals surface area contributed by atoms with Gasteiger partial charge in [0.1, 0.15) is 12.0 Å². The molecule has 0 bridgehead atoms. The van der Waals surface area contributed by atoms with E-state index < -0.39 is 0 Å². The summed E-state index contributed by atoms with van der Waals surface area (Å²) in [6, 6.07) is 0. The fourth-order valence-electron chi connectivity index (χ4n) is 2.66. The molecule has 0 saturated heterocycles. The predicted molar refractivity (Wildman–Crippen MR) is 92.4 cm³/mol. The van der Waals surface area contributed by atoms with Crippen molar-refractivity contribution in [2.75, 3.05) is 32.5 Å². The van der Waals surface area contributed by atoms with E-state index in [1.807, 2.05) is 6.92 Å². The summed E-state index contributed by atoms with van der Waals surface area (Å²) < 4.78 is 0. The number of allylic oxidation sites excluding steroid dienone is 1. The molecule has 0 unspecified atom stereocenters. The zero-order chi connectivity index (χ0) is 16.1. The minimum absolute atomic E-state index is 0.120. The molecular weight excluding hydrogens is 276 g/mol. The molecule has 0 spiro atoms. The first-order valence-electron chi connectivity index (χ1n) is 7.97. The minimum Gasteiger partial charge on any atom is -0.349 e. The van der Waals surface area contributed by atoms with Crippen LogP contribution in [0.3, 0.4) is 0 Å². The Kier molecular flexibility index (Phi) is 5.60. The predicted octanol–water partition coefficient (Wildman–Crippen LogP) is 1.97. The van der Waals surface area contributed by atoms with Crippen LogP contribution in [0.5, 0.6) is 0 Å². The minimum atomic E-state index is 0.120. The maximum absolute atomic E-state index is 4.76. The van der Waals surface area contributed by atoms with Gasteiger partial charge in [-0.1, -0.05) is 19.1 Å². The number of hydrogen-bond acceptors (Lipinski definition) is 4. The van der Waals surface area contributed by atoms with Crippen LogP contribution in [0.4, 0.5) is 5.82 Å². The Morgan fingerprint density at radius 3 is 2.77 bits per heavy atom. The van der Waals surface area contributed by atoms with Crippen LogP contribution >= 0.6 is 0 Å². The maximum Gasteiger partial charge on any atom is 0.160 e. The highest BCUT2D eigenvalue weighted by Gasteiger charge is 2.29. The van der Waals surface area contributed by atoms with Crippen LogP contribution in [0, 0.1) is 12.8 Å². The van der Waals surface area contributed by atoms with Gasteiger partial charge in [0.15, 0.2) is 5.82 Å². The van der Waals surface area contributed by atoms with Crippen molar-refractivity contribution in [1.29, 1.82) is 0 Å². The van der Waals surface area contributed by atoms with Crippen LogP contribution in [0.25, 0.3) is 0 Å². The Bertz CT molecular complexity index is 543. The number of aromatic nitrogens is 2.